The van der Waals surface area contributed by atoms with E-state index in [9.17, 15) is 4.79 Å². The van der Waals surface area contributed by atoms with Crippen LogP contribution in [0.25, 0.3) is 10.9 Å². The fraction of sp³-hybridized carbons (Fsp3) is 0.609. The van der Waals surface area contributed by atoms with Crippen LogP contribution in [0.4, 0.5) is 0 Å². The first-order valence-electron chi connectivity index (χ1n) is 10.8. The monoisotopic (exact) mass is 399 g/mol. The Balaban J connectivity index is 1.47. The van der Waals surface area contributed by atoms with E-state index in [-0.39, 0.29) is 5.91 Å². The Labute approximate surface area is 173 Å². The van der Waals surface area contributed by atoms with E-state index in [4.69, 9.17) is 9.47 Å². The number of amides is 1. The summed E-state index contributed by atoms with van der Waals surface area (Å²) in [5.41, 5.74) is 1.70. The van der Waals surface area contributed by atoms with Gasteiger partial charge in [-0.3, -0.25) is 4.79 Å². The van der Waals surface area contributed by atoms with Gasteiger partial charge in [0.25, 0.3) is 5.91 Å². The van der Waals surface area contributed by atoms with Gasteiger partial charge in [0, 0.05) is 37.6 Å². The lowest BCUT2D eigenvalue weighted by Gasteiger charge is -2.41. The van der Waals surface area contributed by atoms with Gasteiger partial charge in [-0.2, -0.15) is 0 Å². The second kappa shape index (κ2) is 8.27. The predicted octanol–water partition coefficient (Wildman–Crippen LogP) is 3.53. The number of piperidine rings is 2. The third-order valence-corrected chi connectivity index (χ3v) is 6.85. The Morgan fingerprint density at radius 1 is 0.931 bits per heavy atom. The van der Waals surface area contributed by atoms with Gasteiger partial charge in [0.2, 0.25) is 0 Å². The summed E-state index contributed by atoms with van der Waals surface area (Å²) in [6.45, 7) is 6.46. The molecule has 2 aliphatic heterocycles. The van der Waals surface area contributed by atoms with Crippen LogP contribution in [-0.2, 0) is 7.05 Å². The number of aromatic nitrogens is 1. The van der Waals surface area contributed by atoms with Crippen LogP contribution in [0.1, 0.15) is 43.1 Å². The van der Waals surface area contributed by atoms with Crippen molar-refractivity contribution in [1.82, 2.24) is 14.4 Å². The van der Waals surface area contributed by atoms with E-state index < -0.39 is 0 Å². The summed E-state index contributed by atoms with van der Waals surface area (Å²) < 4.78 is 12.8. The van der Waals surface area contributed by atoms with Gasteiger partial charge in [-0.15, -0.1) is 0 Å². The molecule has 158 valence electrons. The molecular formula is C23H33N3O3. The fourth-order valence-electron chi connectivity index (χ4n) is 4.86. The molecule has 2 aromatic rings. The van der Waals surface area contributed by atoms with Gasteiger partial charge in [-0.25, -0.2) is 0 Å². The van der Waals surface area contributed by atoms with Crippen LogP contribution < -0.4 is 9.47 Å². The third kappa shape index (κ3) is 3.82. The van der Waals surface area contributed by atoms with Crippen LogP contribution in [0.15, 0.2) is 18.2 Å². The highest BCUT2D eigenvalue weighted by atomic mass is 16.5. The number of hydrogen-bond acceptors (Lipinski definition) is 4. The van der Waals surface area contributed by atoms with Gasteiger partial charge in [0.05, 0.1) is 19.7 Å². The summed E-state index contributed by atoms with van der Waals surface area (Å²) in [4.78, 5) is 17.9. The number of methoxy groups -OCH3 is 2. The number of nitrogens with zero attached hydrogens (tertiary/aromatic N) is 3. The minimum atomic E-state index is 0.118. The quantitative estimate of drug-likeness (QED) is 0.789. The maximum Gasteiger partial charge on any atom is 0.270 e. The smallest absolute Gasteiger partial charge is 0.270 e. The van der Waals surface area contributed by atoms with Crippen molar-refractivity contribution in [3.8, 4) is 11.5 Å². The molecule has 0 unspecified atom stereocenters. The summed E-state index contributed by atoms with van der Waals surface area (Å²) in [6.07, 6.45) is 4.77. The predicted molar refractivity (Wildman–Crippen MR) is 115 cm³/mol. The van der Waals surface area contributed by atoms with Crippen molar-refractivity contribution in [2.45, 2.75) is 38.6 Å². The van der Waals surface area contributed by atoms with Crippen LogP contribution in [0.3, 0.4) is 0 Å². The number of fused-ring (bicyclic) bond motifs is 1. The van der Waals surface area contributed by atoms with Gasteiger partial charge in [0.1, 0.15) is 5.69 Å². The lowest BCUT2D eigenvalue weighted by molar-refractivity contribution is 0.0553. The molecule has 6 nitrogen and oxygen atoms in total. The molecule has 0 N–H and O–H groups in total. The number of carbonyl (C=O) groups excluding carboxylic acids is 1. The molecule has 2 fully saturated rings. The van der Waals surface area contributed by atoms with E-state index in [1.54, 1.807) is 14.2 Å². The molecule has 2 aliphatic rings. The van der Waals surface area contributed by atoms with Gasteiger partial charge in [-0.1, -0.05) is 6.92 Å². The van der Waals surface area contributed by atoms with Crippen molar-refractivity contribution < 1.29 is 14.3 Å². The zero-order chi connectivity index (χ0) is 20.5. The average molecular weight is 400 g/mol. The van der Waals surface area contributed by atoms with Crippen molar-refractivity contribution in [2.75, 3.05) is 40.4 Å². The average Bonchev–Trinajstić information content (AvgIpc) is 3.08. The zero-order valence-electron chi connectivity index (χ0n) is 18.1. The van der Waals surface area contributed by atoms with Crippen molar-refractivity contribution in [2.24, 2.45) is 13.0 Å². The van der Waals surface area contributed by atoms with Crippen LogP contribution in [0.2, 0.25) is 0 Å². The molecule has 4 rings (SSSR count). The summed E-state index contributed by atoms with van der Waals surface area (Å²) in [5, 5.41) is 0.992. The molecule has 2 saturated heterocycles. The largest absolute Gasteiger partial charge is 0.493 e. The Hall–Kier alpha value is -2.21. The third-order valence-electron chi connectivity index (χ3n) is 6.85. The summed E-state index contributed by atoms with van der Waals surface area (Å²) in [6, 6.07) is 6.48. The van der Waals surface area contributed by atoms with E-state index in [0.29, 0.717) is 17.5 Å². The highest BCUT2D eigenvalue weighted by Gasteiger charge is 2.30. The normalized spacial score (nSPS) is 19.7. The number of likely N-dealkylation sites (tertiary alicyclic amines) is 2. The number of hydrogen-bond donors (Lipinski definition) is 0. The van der Waals surface area contributed by atoms with Gasteiger partial charge in [0.15, 0.2) is 11.5 Å². The maximum atomic E-state index is 13.3. The van der Waals surface area contributed by atoms with Crippen LogP contribution in [-0.4, -0.2) is 66.7 Å². The van der Waals surface area contributed by atoms with E-state index in [1.807, 2.05) is 34.7 Å². The first-order valence-corrected chi connectivity index (χ1v) is 10.8. The topological polar surface area (TPSA) is 46.9 Å². The molecule has 6 heteroatoms. The molecule has 0 radical (unpaired) electrons. The van der Waals surface area contributed by atoms with E-state index >= 15 is 0 Å². The molecule has 0 aliphatic carbocycles. The van der Waals surface area contributed by atoms with Gasteiger partial charge in [-0.05, 0) is 56.8 Å². The second-order valence-electron chi connectivity index (χ2n) is 8.60. The minimum Gasteiger partial charge on any atom is -0.493 e. The molecule has 1 aromatic carbocycles. The van der Waals surface area contributed by atoms with E-state index in [2.05, 4.69) is 11.8 Å². The molecule has 3 heterocycles. The Bertz CT molecular complexity index is 875. The zero-order valence-corrected chi connectivity index (χ0v) is 18.1. The molecule has 0 spiro atoms. The number of carbonyl (C=O) groups is 1. The fourth-order valence-corrected chi connectivity index (χ4v) is 4.86. The van der Waals surface area contributed by atoms with Crippen LogP contribution in [0.5, 0.6) is 11.5 Å². The SMILES string of the molecule is COc1cc2cc(C(=O)N3CCC(N4CCC(C)CC4)CC3)n(C)c2cc1OC. The molecule has 0 bridgehead atoms. The summed E-state index contributed by atoms with van der Waals surface area (Å²) in [7, 11) is 5.21. The Kier molecular flexibility index (Phi) is 5.72. The van der Waals surface area contributed by atoms with Gasteiger partial charge < -0.3 is 23.8 Å². The molecule has 0 atom stereocenters. The first kappa shape index (κ1) is 20.1. The highest BCUT2D eigenvalue weighted by molar-refractivity contribution is 5.99. The maximum absolute atomic E-state index is 13.3. The summed E-state index contributed by atoms with van der Waals surface area (Å²) >= 11 is 0. The molecular weight excluding hydrogens is 366 g/mol. The lowest BCUT2D eigenvalue weighted by atomic mass is 9.95. The standard InChI is InChI=1S/C23H33N3O3/c1-16-5-9-25(10-6-16)18-7-11-26(12-8-18)23(27)20-13-17-14-21(28-3)22(29-4)15-19(17)24(20)2/h13-16,18H,5-12H2,1-4H3. The molecule has 29 heavy (non-hydrogen) atoms. The van der Waals surface area contributed by atoms with Crippen molar-refractivity contribution >= 4 is 16.8 Å². The Morgan fingerprint density at radius 2 is 1.55 bits per heavy atom. The van der Waals surface area contributed by atoms with Crippen molar-refractivity contribution in [1.29, 1.82) is 0 Å². The van der Waals surface area contributed by atoms with Crippen molar-refractivity contribution in [3.63, 3.8) is 0 Å². The number of benzene rings is 1. The number of aryl methyl sites for hydroxylation is 1. The molecule has 0 saturated carbocycles. The minimum absolute atomic E-state index is 0.118. The van der Waals surface area contributed by atoms with Crippen LogP contribution in [0, 0.1) is 5.92 Å². The number of ether oxygens (including phenoxy) is 2. The van der Waals surface area contributed by atoms with Crippen molar-refractivity contribution in [3.05, 3.63) is 23.9 Å². The van der Waals surface area contributed by atoms with E-state index in [0.717, 1.165) is 48.4 Å². The van der Waals surface area contributed by atoms with Crippen LogP contribution >= 0.6 is 0 Å². The highest BCUT2D eigenvalue weighted by Crippen LogP contribution is 2.34. The van der Waals surface area contributed by atoms with Gasteiger partial charge >= 0.3 is 0 Å². The molecule has 1 amide bonds. The lowest BCUT2D eigenvalue weighted by Crippen LogP contribution is -2.49. The van der Waals surface area contributed by atoms with E-state index in [1.165, 1.54) is 25.9 Å². The Morgan fingerprint density at radius 3 is 2.17 bits per heavy atom. The summed E-state index contributed by atoms with van der Waals surface area (Å²) in [5.74, 6) is 2.34. The first-order chi connectivity index (χ1) is 14.0. The number of rotatable bonds is 4. The second-order valence-corrected chi connectivity index (χ2v) is 8.60. The molecule has 1 aromatic heterocycles.